The van der Waals surface area contributed by atoms with Crippen LogP contribution in [0.15, 0.2) is 35.2 Å². The Morgan fingerprint density at radius 2 is 2.14 bits per heavy atom. The van der Waals surface area contributed by atoms with Crippen LogP contribution < -0.4 is 10.6 Å². The molecule has 0 spiro atoms. The summed E-state index contributed by atoms with van der Waals surface area (Å²) in [7, 11) is 1.79. The lowest BCUT2D eigenvalue weighted by molar-refractivity contribution is 0.621. The number of imidazole rings is 1. The van der Waals surface area contributed by atoms with Crippen LogP contribution in [-0.2, 0) is 0 Å². The first-order chi connectivity index (χ1) is 10.1. The van der Waals surface area contributed by atoms with Crippen molar-refractivity contribution in [3.05, 3.63) is 46.6 Å². The maximum absolute atomic E-state index is 13.7. The molecular formula is C14H13BrFN5. The van der Waals surface area contributed by atoms with Crippen LogP contribution in [0.25, 0.3) is 5.65 Å². The van der Waals surface area contributed by atoms with Gasteiger partial charge in [0.05, 0.1) is 10.7 Å². The van der Waals surface area contributed by atoms with Crippen molar-refractivity contribution >= 4 is 38.9 Å². The largest absolute Gasteiger partial charge is 0.372 e. The monoisotopic (exact) mass is 349 g/mol. The Labute approximate surface area is 129 Å². The third-order valence-electron chi connectivity index (χ3n) is 3.15. The van der Waals surface area contributed by atoms with Gasteiger partial charge < -0.3 is 15.0 Å². The summed E-state index contributed by atoms with van der Waals surface area (Å²) in [5.41, 5.74) is 2.24. The van der Waals surface area contributed by atoms with E-state index >= 15 is 0 Å². The second-order valence-corrected chi connectivity index (χ2v) is 5.44. The number of nitrogens with one attached hydrogen (secondary N) is 2. The minimum absolute atomic E-state index is 0.327. The lowest BCUT2D eigenvalue weighted by atomic mass is 10.2. The Bertz CT molecular complexity index is 814. The van der Waals surface area contributed by atoms with Crippen LogP contribution in [0.2, 0.25) is 0 Å². The zero-order chi connectivity index (χ0) is 15.0. The van der Waals surface area contributed by atoms with Gasteiger partial charge in [0.25, 0.3) is 0 Å². The molecule has 2 aromatic heterocycles. The molecule has 2 heterocycles. The number of fused-ring (bicyclic) bond motifs is 1. The number of anilines is 3. The molecule has 3 rings (SSSR count). The lowest BCUT2D eigenvalue weighted by Crippen LogP contribution is -2.03. The van der Waals surface area contributed by atoms with E-state index in [2.05, 4.69) is 36.5 Å². The Morgan fingerprint density at radius 1 is 1.33 bits per heavy atom. The second-order valence-electron chi connectivity index (χ2n) is 4.59. The molecule has 5 nitrogen and oxygen atoms in total. The van der Waals surface area contributed by atoms with Crippen molar-refractivity contribution in [1.29, 1.82) is 0 Å². The first kappa shape index (κ1) is 13.8. The Balaban J connectivity index is 2.09. The van der Waals surface area contributed by atoms with E-state index in [1.54, 1.807) is 19.3 Å². The van der Waals surface area contributed by atoms with Crippen LogP contribution in [0.4, 0.5) is 21.7 Å². The highest BCUT2D eigenvalue weighted by Crippen LogP contribution is 2.27. The predicted octanol–water partition coefficient (Wildman–Crippen LogP) is 3.72. The zero-order valence-electron chi connectivity index (χ0n) is 11.5. The third-order valence-corrected chi connectivity index (χ3v) is 3.76. The molecule has 0 radical (unpaired) electrons. The minimum atomic E-state index is -0.327. The van der Waals surface area contributed by atoms with Crippen LogP contribution in [0, 0.1) is 12.7 Å². The molecule has 108 valence electrons. The van der Waals surface area contributed by atoms with Crippen molar-refractivity contribution in [2.24, 2.45) is 0 Å². The summed E-state index contributed by atoms with van der Waals surface area (Å²) in [4.78, 5) is 8.71. The van der Waals surface area contributed by atoms with Crippen LogP contribution in [0.5, 0.6) is 0 Å². The Kier molecular flexibility index (Phi) is 3.50. The van der Waals surface area contributed by atoms with Crippen molar-refractivity contribution in [3.63, 3.8) is 0 Å². The molecule has 0 aliphatic heterocycles. The van der Waals surface area contributed by atoms with Crippen LogP contribution in [0.1, 0.15) is 5.56 Å². The highest BCUT2D eigenvalue weighted by Gasteiger charge is 2.10. The first-order valence-corrected chi connectivity index (χ1v) is 7.12. The Hall–Kier alpha value is -2.15. The van der Waals surface area contributed by atoms with Crippen LogP contribution in [0.3, 0.4) is 0 Å². The van der Waals surface area contributed by atoms with E-state index in [-0.39, 0.29) is 5.82 Å². The van der Waals surface area contributed by atoms with E-state index < -0.39 is 0 Å². The molecule has 0 fully saturated rings. The van der Waals surface area contributed by atoms with Crippen LogP contribution >= 0.6 is 15.9 Å². The number of halogens is 2. The van der Waals surface area contributed by atoms with Crippen molar-refractivity contribution in [3.8, 4) is 0 Å². The van der Waals surface area contributed by atoms with Gasteiger partial charge in [0.15, 0.2) is 11.5 Å². The maximum atomic E-state index is 13.7. The fraction of sp³-hybridized carbons (Fsp3) is 0.143. The molecule has 7 heteroatoms. The second kappa shape index (κ2) is 5.33. The molecule has 0 atom stereocenters. The lowest BCUT2D eigenvalue weighted by Gasteiger charge is -2.12. The van der Waals surface area contributed by atoms with E-state index in [1.807, 2.05) is 23.7 Å². The number of hydrogen-bond acceptors (Lipinski definition) is 4. The SMILES string of the molecule is CNc1cn2ccnc2c(Nc2cc(F)c(Br)cc2C)n1. The normalized spacial score (nSPS) is 10.9. The zero-order valence-corrected chi connectivity index (χ0v) is 13.1. The molecule has 3 aromatic rings. The number of nitrogens with zero attached hydrogens (tertiary/aromatic N) is 3. The molecule has 2 N–H and O–H groups in total. The molecule has 0 saturated carbocycles. The number of hydrogen-bond donors (Lipinski definition) is 2. The van der Waals surface area contributed by atoms with Gasteiger partial charge in [-0.05, 0) is 40.5 Å². The maximum Gasteiger partial charge on any atom is 0.180 e. The van der Waals surface area contributed by atoms with Gasteiger partial charge in [-0.3, -0.25) is 0 Å². The van der Waals surface area contributed by atoms with E-state index in [0.29, 0.717) is 27.4 Å². The van der Waals surface area contributed by atoms with Gasteiger partial charge in [-0.25, -0.2) is 14.4 Å². The highest BCUT2D eigenvalue weighted by atomic mass is 79.9. The van der Waals surface area contributed by atoms with Crippen LogP contribution in [-0.4, -0.2) is 21.4 Å². The topological polar surface area (TPSA) is 54.2 Å². The van der Waals surface area contributed by atoms with Gasteiger partial charge in [0, 0.05) is 25.1 Å². The number of rotatable bonds is 3. The molecule has 0 aliphatic carbocycles. The van der Waals surface area contributed by atoms with Crippen molar-refractivity contribution < 1.29 is 4.39 Å². The summed E-state index contributed by atoms with van der Waals surface area (Å²) >= 11 is 3.18. The van der Waals surface area contributed by atoms with E-state index in [4.69, 9.17) is 0 Å². The Morgan fingerprint density at radius 3 is 2.90 bits per heavy atom. The summed E-state index contributed by atoms with van der Waals surface area (Å²) in [5.74, 6) is 0.933. The van der Waals surface area contributed by atoms with Gasteiger partial charge in [-0.15, -0.1) is 0 Å². The standard InChI is InChI=1S/C14H13BrFN5/c1-8-5-9(15)10(16)6-11(8)19-13-14-18-3-4-21(14)7-12(17-2)20-13/h3-7,17H,1-2H3,(H,19,20). The quantitative estimate of drug-likeness (QED) is 0.756. The summed E-state index contributed by atoms with van der Waals surface area (Å²) in [6.45, 7) is 1.90. The van der Waals surface area contributed by atoms with Gasteiger partial charge in [0.1, 0.15) is 11.6 Å². The van der Waals surface area contributed by atoms with Gasteiger partial charge in [0.2, 0.25) is 0 Å². The van der Waals surface area contributed by atoms with E-state index in [1.165, 1.54) is 6.07 Å². The van der Waals surface area contributed by atoms with Crippen molar-refractivity contribution in [2.75, 3.05) is 17.7 Å². The van der Waals surface area contributed by atoms with Crippen molar-refractivity contribution in [1.82, 2.24) is 14.4 Å². The third kappa shape index (κ3) is 2.56. The molecule has 0 unspecified atom stereocenters. The van der Waals surface area contributed by atoms with Gasteiger partial charge >= 0.3 is 0 Å². The summed E-state index contributed by atoms with van der Waals surface area (Å²) in [6, 6.07) is 3.16. The van der Waals surface area contributed by atoms with Gasteiger partial charge in [-0.2, -0.15) is 0 Å². The molecule has 0 saturated heterocycles. The molecule has 0 aliphatic rings. The average molecular weight is 350 g/mol. The predicted molar refractivity (Wildman–Crippen MR) is 84.7 cm³/mol. The number of aryl methyl sites for hydroxylation is 1. The molecule has 0 amide bonds. The number of aromatic nitrogens is 3. The minimum Gasteiger partial charge on any atom is -0.372 e. The summed E-state index contributed by atoms with van der Waals surface area (Å²) in [5, 5.41) is 6.14. The highest BCUT2D eigenvalue weighted by molar-refractivity contribution is 9.10. The fourth-order valence-electron chi connectivity index (χ4n) is 2.04. The van der Waals surface area contributed by atoms with Crippen molar-refractivity contribution in [2.45, 2.75) is 6.92 Å². The smallest absolute Gasteiger partial charge is 0.180 e. The first-order valence-electron chi connectivity index (χ1n) is 6.32. The van der Waals surface area contributed by atoms with E-state index in [0.717, 1.165) is 5.56 Å². The molecule has 21 heavy (non-hydrogen) atoms. The van der Waals surface area contributed by atoms with E-state index in [9.17, 15) is 4.39 Å². The molecular weight excluding hydrogens is 337 g/mol. The molecule has 1 aromatic carbocycles. The molecule has 0 bridgehead atoms. The summed E-state index contributed by atoms with van der Waals surface area (Å²) < 4.78 is 16.0. The van der Waals surface area contributed by atoms with Gasteiger partial charge in [-0.1, -0.05) is 0 Å². The average Bonchev–Trinajstić information content (AvgIpc) is 2.93. The fourth-order valence-corrected chi connectivity index (χ4v) is 2.50. The number of benzene rings is 1. The summed E-state index contributed by atoms with van der Waals surface area (Å²) in [6.07, 6.45) is 5.36.